The van der Waals surface area contributed by atoms with Gasteiger partial charge in [-0.1, -0.05) is 6.07 Å². The molecule has 0 bridgehead atoms. The van der Waals surface area contributed by atoms with Crippen LogP contribution in [-0.2, 0) is 17.9 Å². The lowest BCUT2D eigenvalue weighted by atomic mass is 9.97. The van der Waals surface area contributed by atoms with Crippen molar-refractivity contribution in [3.8, 4) is 6.07 Å². The smallest absolute Gasteiger partial charge is 0.320 e. The lowest BCUT2D eigenvalue weighted by Crippen LogP contribution is -2.49. The number of hydrogen-bond acceptors (Lipinski definition) is 4. The van der Waals surface area contributed by atoms with Crippen LogP contribution in [0.3, 0.4) is 0 Å². The van der Waals surface area contributed by atoms with Gasteiger partial charge in [0.25, 0.3) is 5.92 Å². The Hall–Kier alpha value is -4.52. The van der Waals surface area contributed by atoms with E-state index in [4.69, 9.17) is 0 Å². The molecule has 1 aliphatic carbocycles. The van der Waals surface area contributed by atoms with Gasteiger partial charge in [0, 0.05) is 80.9 Å². The van der Waals surface area contributed by atoms with Gasteiger partial charge in [0.05, 0.1) is 29.0 Å². The van der Waals surface area contributed by atoms with E-state index in [1.54, 1.807) is 17.2 Å². The summed E-state index contributed by atoms with van der Waals surface area (Å²) in [5, 5.41) is 10.7. The van der Waals surface area contributed by atoms with Gasteiger partial charge < -0.3 is 14.4 Å². The maximum atomic E-state index is 13.7. The van der Waals surface area contributed by atoms with Crippen LogP contribution in [0.1, 0.15) is 48.1 Å². The Morgan fingerprint density at radius 3 is 2.67 bits per heavy atom. The molecule has 0 N–H and O–H groups in total. The van der Waals surface area contributed by atoms with Gasteiger partial charge in [0.1, 0.15) is 5.65 Å². The molecule has 1 fully saturated rings. The zero-order valence-electron chi connectivity index (χ0n) is 21.7. The minimum Gasteiger partial charge on any atom is -0.345 e. The van der Waals surface area contributed by atoms with Gasteiger partial charge in [-0.25, -0.2) is 18.6 Å². The number of urea groups is 1. The van der Waals surface area contributed by atoms with Crippen LogP contribution in [0.5, 0.6) is 0 Å². The SMILES string of the molecule is N#Cc1cc2c3c(c1)c(C1=C(c4cnc5ccccn45)C(=O)CC1)cn3CCN(C(=O)N1CCC(F)(F)CC1)C2. The van der Waals surface area contributed by atoms with Gasteiger partial charge in [-0.05, 0) is 41.8 Å². The Morgan fingerprint density at radius 1 is 1.05 bits per heavy atom. The van der Waals surface area contributed by atoms with E-state index in [1.165, 1.54) is 4.90 Å². The fourth-order valence-corrected chi connectivity index (χ4v) is 6.37. The molecule has 10 heteroatoms. The lowest BCUT2D eigenvalue weighted by molar-refractivity contribution is -0.113. The molecule has 0 radical (unpaired) electrons. The van der Waals surface area contributed by atoms with Gasteiger partial charge >= 0.3 is 6.03 Å². The van der Waals surface area contributed by atoms with Crippen LogP contribution in [0.15, 0.2) is 48.9 Å². The van der Waals surface area contributed by atoms with Gasteiger partial charge in [0.2, 0.25) is 0 Å². The quantitative estimate of drug-likeness (QED) is 0.354. The number of allylic oxidation sites excluding steroid dienone is 2. The number of aromatic nitrogens is 3. The highest BCUT2D eigenvalue weighted by atomic mass is 19.3. The number of hydrogen-bond donors (Lipinski definition) is 0. The minimum atomic E-state index is -2.73. The Kier molecular flexibility index (Phi) is 5.52. The summed E-state index contributed by atoms with van der Waals surface area (Å²) in [5.41, 5.74) is 6.24. The van der Waals surface area contributed by atoms with Crippen LogP contribution in [-0.4, -0.2) is 61.1 Å². The summed E-state index contributed by atoms with van der Waals surface area (Å²) >= 11 is 0. The highest BCUT2D eigenvalue weighted by Gasteiger charge is 2.37. The molecular formula is C30H26F2N6O2. The minimum absolute atomic E-state index is 0.0285. The Bertz CT molecular complexity index is 1780. The van der Waals surface area contributed by atoms with Gasteiger partial charge in [-0.15, -0.1) is 0 Å². The molecule has 3 aliphatic rings. The number of amides is 2. The summed E-state index contributed by atoms with van der Waals surface area (Å²) in [6.45, 7) is 1.25. The first-order chi connectivity index (χ1) is 19.3. The number of imidazole rings is 1. The van der Waals surface area contributed by atoms with E-state index in [2.05, 4.69) is 15.6 Å². The number of ketones is 1. The molecule has 5 heterocycles. The summed E-state index contributed by atoms with van der Waals surface area (Å²) in [7, 11) is 0. The summed E-state index contributed by atoms with van der Waals surface area (Å²) in [4.78, 5) is 34.2. The van der Waals surface area contributed by atoms with Crippen LogP contribution in [0.2, 0.25) is 0 Å². The first-order valence-electron chi connectivity index (χ1n) is 13.5. The molecule has 202 valence electrons. The number of pyridine rings is 1. The molecular weight excluding hydrogens is 514 g/mol. The Labute approximate surface area is 228 Å². The predicted octanol–water partition coefficient (Wildman–Crippen LogP) is 5.10. The van der Waals surface area contributed by atoms with Crippen molar-refractivity contribution in [1.29, 1.82) is 5.26 Å². The van der Waals surface area contributed by atoms with Crippen molar-refractivity contribution in [3.63, 3.8) is 0 Å². The van der Waals surface area contributed by atoms with Crippen molar-refractivity contribution in [2.75, 3.05) is 19.6 Å². The highest BCUT2D eigenvalue weighted by molar-refractivity contribution is 6.31. The maximum absolute atomic E-state index is 13.7. The topological polar surface area (TPSA) is 86.6 Å². The Morgan fingerprint density at radius 2 is 1.88 bits per heavy atom. The standard InChI is InChI=1S/C30H26F2N6O2/c31-30(32)6-9-35(10-7-30)29(40)37-12-11-36-18-23(22-14-19(15-33)13-20(17-37)28(22)36)21-4-5-25(39)27(21)24-16-34-26-3-1-2-8-38(24)26/h1-3,8,13-14,16,18H,4-7,9-12,17H2. The Balaban J connectivity index is 1.31. The van der Waals surface area contributed by atoms with E-state index < -0.39 is 5.92 Å². The van der Waals surface area contributed by atoms with Crippen molar-refractivity contribution in [1.82, 2.24) is 23.8 Å². The summed E-state index contributed by atoms with van der Waals surface area (Å²) < 4.78 is 31.4. The van der Waals surface area contributed by atoms with Crippen LogP contribution in [0.4, 0.5) is 13.6 Å². The number of carbonyl (C=O) groups is 2. The zero-order chi connectivity index (χ0) is 27.6. The van der Waals surface area contributed by atoms with Crippen molar-refractivity contribution < 1.29 is 18.4 Å². The molecule has 4 aromatic rings. The number of nitriles is 1. The molecule has 40 heavy (non-hydrogen) atoms. The first kappa shape index (κ1) is 24.5. The van der Waals surface area contributed by atoms with Crippen molar-refractivity contribution >= 4 is 39.5 Å². The highest BCUT2D eigenvalue weighted by Crippen LogP contribution is 2.42. The summed E-state index contributed by atoms with van der Waals surface area (Å²) in [6, 6.07) is 11.4. The van der Waals surface area contributed by atoms with Crippen LogP contribution >= 0.6 is 0 Å². The van der Waals surface area contributed by atoms with Crippen LogP contribution in [0.25, 0.3) is 27.7 Å². The second-order valence-electron chi connectivity index (χ2n) is 10.8. The molecule has 0 spiro atoms. The summed E-state index contributed by atoms with van der Waals surface area (Å²) in [6.07, 6.45) is 6.00. The van der Waals surface area contributed by atoms with E-state index >= 15 is 0 Å². The second-order valence-corrected chi connectivity index (χ2v) is 10.8. The average molecular weight is 541 g/mol. The molecule has 2 aliphatic heterocycles. The molecule has 0 saturated carbocycles. The van der Waals surface area contributed by atoms with Crippen molar-refractivity contribution in [3.05, 3.63) is 71.3 Å². The fraction of sp³-hybridized carbons (Fsp3) is 0.333. The van der Waals surface area contributed by atoms with Crippen LogP contribution < -0.4 is 0 Å². The number of Topliss-reactive ketones (excluding diaryl/α,β-unsaturated/α-hetero) is 1. The van der Waals surface area contributed by atoms with E-state index in [9.17, 15) is 23.6 Å². The number of fused-ring (bicyclic) bond motifs is 1. The number of nitrogens with zero attached hydrogens (tertiary/aromatic N) is 6. The number of alkyl halides is 2. The molecule has 1 saturated heterocycles. The molecule has 8 nitrogen and oxygen atoms in total. The molecule has 0 unspecified atom stereocenters. The lowest BCUT2D eigenvalue weighted by Gasteiger charge is -2.35. The summed E-state index contributed by atoms with van der Waals surface area (Å²) in [5.74, 6) is -2.66. The monoisotopic (exact) mass is 540 g/mol. The number of benzene rings is 1. The van der Waals surface area contributed by atoms with Gasteiger partial charge in [-0.3, -0.25) is 9.20 Å². The fourth-order valence-electron chi connectivity index (χ4n) is 6.37. The third-order valence-corrected chi connectivity index (χ3v) is 8.37. The number of carbonyl (C=O) groups excluding carboxylic acids is 2. The first-order valence-corrected chi connectivity index (χ1v) is 13.5. The molecule has 7 rings (SSSR count). The number of rotatable bonds is 2. The third-order valence-electron chi connectivity index (χ3n) is 8.37. The third kappa shape index (κ3) is 3.87. The van der Waals surface area contributed by atoms with E-state index in [1.807, 2.05) is 41.1 Å². The van der Waals surface area contributed by atoms with Crippen molar-refractivity contribution in [2.45, 2.75) is 44.7 Å². The average Bonchev–Trinajstić information content (AvgIpc) is 3.61. The van der Waals surface area contributed by atoms with Gasteiger partial charge in [0.15, 0.2) is 5.78 Å². The number of likely N-dealkylation sites (tertiary alicyclic amines) is 1. The van der Waals surface area contributed by atoms with Crippen LogP contribution in [0, 0.1) is 11.3 Å². The van der Waals surface area contributed by atoms with E-state index in [0.717, 1.165) is 38.9 Å². The van der Waals surface area contributed by atoms with E-state index in [-0.39, 0.29) is 44.3 Å². The second kappa shape index (κ2) is 9.01. The van der Waals surface area contributed by atoms with E-state index in [0.29, 0.717) is 37.1 Å². The maximum Gasteiger partial charge on any atom is 0.320 e. The molecule has 3 aromatic heterocycles. The normalized spacial score (nSPS) is 19.0. The molecule has 0 atom stereocenters. The van der Waals surface area contributed by atoms with Gasteiger partial charge in [-0.2, -0.15) is 5.26 Å². The largest absolute Gasteiger partial charge is 0.345 e. The zero-order valence-corrected chi connectivity index (χ0v) is 21.7. The predicted molar refractivity (Wildman–Crippen MR) is 144 cm³/mol. The number of piperidine rings is 1. The van der Waals surface area contributed by atoms with Crippen molar-refractivity contribution in [2.24, 2.45) is 0 Å². The number of halogens is 2. The molecule has 2 amide bonds. The molecule has 1 aromatic carbocycles.